The first-order chi connectivity index (χ1) is 11.6. The van der Waals surface area contributed by atoms with Crippen LogP contribution in [0.2, 0.25) is 0 Å². The van der Waals surface area contributed by atoms with Crippen LogP contribution in [0.5, 0.6) is 5.75 Å². The van der Waals surface area contributed by atoms with Crippen LogP contribution in [-0.4, -0.2) is 11.7 Å². The van der Waals surface area contributed by atoms with E-state index in [1.54, 1.807) is 6.92 Å². The minimum Gasteiger partial charge on any atom is -0.491 e. The van der Waals surface area contributed by atoms with Crippen molar-refractivity contribution in [3.05, 3.63) is 41.5 Å². The van der Waals surface area contributed by atoms with Crippen LogP contribution in [0.4, 0.5) is 8.78 Å². The van der Waals surface area contributed by atoms with Crippen LogP contribution in [0.25, 0.3) is 0 Å². The Balaban J connectivity index is 1.64. The molecule has 1 aromatic carbocycles. The fraction of sp³-hybridized carbons (Fsp3) is 0.600. The van der Waals surface area contributed by atoms with E-state index in [0.717, 1.165) is 44.4 Å². The minimum atomic E-state index is -1.00. The molecule has 4 heteroatoms. The highest BCUT2D eigenvalue weighted by molar-refractivity contribution is 5.32. The SMILES string of the molecule is CCOc1ccc(C(O)C2CCC(C3CC=CC3)CC2)c(F)c1F. The van der Waals surface area contributed by atoms with Gasteiger partial charge >= 0.3 is 0 Å². The fourth-order valence-corrected chi connectivity index (χ4v) is 4.25. The van der Waals surface area contributed by atoms with Gasteiger partial charge in [0, 0.05) is 5.56 Å². The molecule has 0 amide bonds. The second-order valence-electron chi connectivity index (χ2n) is 7.04. The number of ether oxygens (including phenoxy) is 1. The summed E-state index contributed by atoms with van der Waals surface area (Å²) in [5, 5.41) is 10.6. The van der Waals surface area contributed by atoms with Crippen molar-refractivity contribution in [1.29, 1.82) is 0 Å². The van der Waals surface area contributed by atoms with E-state index in [-0.39, 0.29) is 23.8 Å². The molecule has 0 spiro atoms. The fourth-order valence-electron chi connectivity index (χ4n) is 4.25. The van der Waals surface area contributed by atoms with Gasteiger partial charge in [0.15, 0.2) is 11.6 Å². The van der Waals surface area contributed by atoms with E-state index in [4.69, 9.17) is 4.74 Å². The van der Waals surface area contributed by atoms with Gasteiger partial charge in [-0.1, -0.05) is 12.2 Å². The van der Waals surface area contributed by atoms with E-state index in [1.165, 1.54) is 12.1 Å². The van der Waals surface area contributed by atoms with Gasteiger partial charge in [0.25, 0.3) is 0 Å². The maximum atomic E-state index is 14.3. The molecule has 1 saturated carbocycles. The van der Waals surface area contributed by atoms with Gasteiger partial charge in [0.05, 0.1) is 12.7 Å². The molecule has 1 atom stereocenters. The summed E-state index contributed by atoms with van der Waals surface area (Å²) in [6, 6.07) is 2.87. The molecule has 2 nitrogen and oxygen atoms in total. The Hall–Kier alpha value is -1.42. The van der Waals surface area contributed by atoms with Crippen molar-refractivity contribution in [2.45, 2.75) is 51.6 Å². The Kier molecular flexibility index (Phi) is 5.54. The van der Waals surface area contributed by atoms with Gasteiger partial charge in [-0.25, -0.2) is 4.39 Å². The number of allylic oxidation sites excluding steroid dienone is 2. The summed E-state index contributed by atoms with van der Waals surface area (Å²) in [4.78, 5) is 0. The Morgan fingerprint density at radius 3 is 2.33 bits per heavy atom. The summed E-state index contributed by atoms with van der Waals surface area (Å²) in [6.45, 7) is 2.00. The highest BCUT2D eigenvalue weighted by atomic mass is 19.2. The molecule has 1 N–H and O–H groups in total. The lowest BCUT2D eigenvalue weighted by molar-refractivity contribution is 0.0616. The number of rotatable bonds is 5. The lowest BCUT2D eigenvalue weighted by Crippen LogP contribution is -2.24. The van der Waals surface area contributed by atoms with Gasteiger partial charge in [0.1, 0.15) is 0 Å². The Labute approximate surface area is 142 Å². The second kappa shape index (κ2) is 7.64. The van der Waals surface area contributed by atoms with E-state index < -0.39 is 17.7 Å². The summed E-state index contributed by atoms with van der Waals surface area (Å²) in [5.41, 5.74) is 0.0573. The van der Waals surface area contributed by atoms with Gasteiger partial charge in [0.2, 0.25) is 5.82 Å². The van der Waals surface area contributed by atoms with Crippen LogP contribution in [0, 0.1) is 29.4 Å². The maximum Gasteiger partial charge on any atom is 0.200 e. The third kappa shape index (κ3) is 3.49. The topological polar surface area (TPSA) is 29.5 Å². The van der Waals surface area contributed by atoms with Crippen molar-refractivity contribution in [2.75, 3.05) is 6.61 Å². The largest absolute Gasteiger partial charge is 0.491 e. The average Bonchev–Trinajstić information content (AvgIpc) is 3.13. The zero-order valence-electron chi connectivity index (χ0n) is 14.2. The highest BCUT2D eigenvalue weighted by Crippen LogP contribution is 2.43. The van der Waals surface area contributed by atoms with Crippen LogP contribution in [0.3, 0.4) is 0 Å². The normalized spacial score (nSPS) is 25.8. The zero-order chi connectivity index (χ0) is 17.1. The second-order valence-corrected chi connectivity index (χ2v) is 7.04. The molecular weight excluding hydrogens is 310 g/mol. The first-order valence-electron chi connectivity index (χ1n) is 9.05. The molecule has 1 unspecified atom stereocenters. The number of hydrogen-bond acceptors (Lipinski definition) is 2. The average molecular weight is 336 g/mol. The summed E-state index contributed by atoms with van der Waals surface area (Å²) >= 11 is 0. The molecule has 0 bridgehead atoms. The van der Waals surface area contributed by atoms with Gasteiger partial charge in [-0.15, -0.1) is 0 Å². The number of halogens is 2. The summed E-state index contributed by atoms with van der Waals surface area (Å²) < 4.78 is 33.4. The van der Waals surface area contributed by atoms with Crippen LogP contribution in [0.1, 0.15) is 57.1 Å². The molecule has 0 aliphatic heterocycles. The molecule has 0 saturated heterocycles. The van der Waals surface area contributed by atoms with E-state index in [1.807, 2.05) is 0 Å². The summed E-state index contributed by atoms with van der Waals surface area (Å²) in [5.74, 6) is -0.631. The Morgan fingerprint density at radius 1 is 1.04 bits per heavy atom. The van der Waals surface area contributed by atoms with E-state index in [9.17, 15) is 13.9 Å². The monoisotopic (exact) mass is 336 g/mol. The maximum absolute atomic E-state index is 14.3. The molecule has 0 aromatic heterocycles. The van der Waals surface area contributed by atoms with E-state index >= 15 is 0 Å². The van der Waals surface area contributed by atoms with E-state index in [2.05, 4.69) is 12.2 Å². The molecule has 2 aliphatic rings. The molecule has 2 aliphatic carbocycles. The van der Waals surface area contributed by atoms with Gasteiger partial charge in [-0.05, 0) is 75.3 Å². The number of hydrogen-bond donors (Lipinski definition) is 1. The third-order valence-corrected chi connectivity index (χ3v) is 5.67. The molecule has 1 fully saturated rings. The predicted molar refractivity (Wildman–Crippen MR) is 89.8 cm³/mol. The first-order valence-corrected chi connectivity index (χ1v) is 9.05. The molecule has 3 rings (SSSR count). The van der Waals surface area contributed by atoms with Crippen molar-refractivity contribution in [1.82, 2.24) is 0 Å². The van der Waals surface area contributed by atoms with Crippen LogP contribution >= 0.6 is 0 Å². The summed E-state index contributed by atoms with van der Waals surface area (Å²) in [6.07, 6.45) is 9.76. The van der Waals surface area contributed by atoms with Crippen molar-refractivity contribution >= 4 is 0 Å². The third-order valence-electron chi connectivity index (χ3n) is 5.67. The molecule has 132 valence electrons. The van der Waals surface area contributed by atoms with Crippen LogP contribution in [0.15, 0.2) is 24.3 Å². The first kappa shape index (κ1) is 17.4. The molecule has 24 heavy (non-hydrogen) atoms. The lowest BCUT2D eigenvalue weighted by atomic mass is 9.72. The van der Waals surface area contributed by atoms with Crippen molar-refractivity contribution in [3.8, 4) is 5.75 Å². The Morgan fingerprint density at radius 2 is 1.71 bits per heavy atom. The Bertz CT molecular complexity index is 584. The minimum absolute atomic E-state index is 0.00227. The van der Waals surface area contributed by atoms with Crippen LogP contribution in [-0.2, 0) is 0 Å². The number of aliphatic hydroxyl groups is 1. The van der Waals surface area contributed by atoms with Crippen molar-refractivity contribution < 1.29 is 18.6 Å². The number of benzene rings is 1. The van der Waals surface area contributed by atoms with Gasteiger partial charge in [-0.3, -0.25) is 0 Å². The highest BCUT2D eigenvalue weighted by Gasteiger charge is 2.33. The van der Waals surface area contributed by atoms with Crippen LogP contribution < -0.4 is 4.74 Å². The van der Waals surface area contributed by atoms with Crippen molar-refractivity contribution in [2.24, 2.45) is 17.8 Å². The van der Waals surface area contributed by atoms with Crippen molar-refractivity contribution in [3.63, 3.8) is 0 Å². The standard InChI is InChI=1S/C20H26F2O2/c1-2-24-17-12-11-16(18(21)19(17)22)20(23)15-9-7-14(8-10-15)13-5-3-4-6-13/h3-4,11-15,20,23H,2,5-10H2,1H3. The quantitative estimate of drug-likeness (QED) is 0.752. The molecule has 1 aromatic rings. The van der Waals surface area contributed by atoms with Gasteiger partial charge < -0.3 is 9.84 Å². The van der Waals surface area contributed by atoms with E-state index in [0.29, 0.717) is 5.92 Å². The molecule has 0 radical (unpaired) electrons. The number of aliphatic hydroxyl groups excluding tert-OH is 1. The van der Waals surface area contributed by atoms with Gasteiger partial charge in [-0.2, -0.15) is 4.39 Å². The summed E-state index contributed by atoms with van der Waals surface area (Å²) in [7, 11) is 0. The zero-order valence-corrected chi connectivity index (χ0v) is 14.2. The smallest absolute Gasteiger partial charge is 0.200 e. The lowest BCUT2D eigenvalue weighted by Gasteiger charge is -2.34. The molecule has 0 heterocycles. The molecular formula is C20H26F2O2. The predicted octanol–water partition coefficient (Wildman–Crippen LogP) is 5.17.